The minimum absolute atomic E-state index is 0.208. The first-order chi connectivity index (χ1) is 16.4. The predicted octanol–water partition coefficient (Wildman–Crippen LogP) is 2.87. The summed E-state index contributed by atoms with van der Waals surface area (Å²) in [5.74, 6) is 0.559. The van der Waals surface area contributed by atoms with Crippen LogP contribution in [0.2, 0.25) is 0 Å². The Balaban J connectivity index is 1.47. The van der Waals surface area contributed by atoms with Crippen molar-refractivity contribution in [3.8, 4) is 0 Å². The number of anilines is 1. The summed E-state index contributed by atoms with van der Waals surface area (Å²) in [5.41, 5.74) is 10.4. The number of hydrogen-bond acceptors (Lipinski definition) is 6. The van der Waals surface area contributed by atoms with Crippen molar-refractivity contribution < 1.29 is 4.79 Å². The number of aryl methyl sites for hydroxylation is 1. The van der Waals surface area contributed by atoms with Gasteiger partial charge in [0.25, 0.3) is 5.91 Å². The number of aromatic nitrogens is 3. The Bertz CT molecular complexity index is 1180. The van der Waals surface area contributed by atoms with Gasteiger partial charge in [0.05, 0.1) is 17.4 Å². The van der Waals surface area contributed by atoms with E-state index in [0.717, 1.165) is 68.0 Å². The lowest BCUT2D eigenvalue weighted by molar-refractivity contribution is 0.0992. The second kappa shape index (κ2) is 9.35. The summed E-state index contributed by atoms with van der Waals surface area (Å²) in [7, 11) is 6.38. The summed E-state index contributed by atoms with van der Waals surface area (Å²) in [5, 5.41) is 0. The maximum Gasteiger partial charge on any atom is 0.267 e. The van der Waals surface area contributed by atoms with Gasteiger partial charge in [-0.25, -0.2) is 4.98 Å². The molecule has 0 unspecified atom stereocenters. The molecule has 1 saturated heterocycles. The molecule has 34 heavy (non-hydrogen) atoms. The Kier molecular flexibility index (Phi) is 6.27. The Labute approximate surface area is 201 Å². The highest BCUT2D eigenvalue weighted by atomic mass is 16.1. The Morgan fingerprint density at radius 3 is 2.65 bits per heavy atom. The molecule has 1 amide bonds. The van der Waals surface area contributed by atoms with Gasteiger partial charge in [0.15, 0.2) is 0 Å². The Morgan fingerprint density at radius 1 is 1.12 bits per heavy atom. The lowest BCUT2D eigenvalue weighted by atomic mass is 9.91. The van der Waals surface area contributed by atoms with Crippen molar-refractivity contribution in [1.82, 2.24) is 24.2 Å². The van der Waals surface area contributed by atoms with Gasteiger partial charge in [-0.15, -0.1) is 0 Å². The fraction of sp³-hybridized carbons (Fsp3) is 0.500. The predicted molar refractivity (Wildman–Crippen MR) is 134 cm³/mol. The molecule has 1 aliphatic heterocycles. The zero-order valence-corrected chi connectivity index (χ0v) is 20.4. The van der Waals surface area contributed by atoms with Crippen LogP contribution in [0.5, 0.6) is 0 Å². The number of primary amides is 1. The SMILES string of the molecule is CN(C)C1CCN(c2cccc3nc(CN(C)[C@H]4CCCc5cccnc54)c(C(N)=O)n23)CC1. The van der Waals surface area contributed by atoms with Gasteiger partial charge in [0, 0.05) is 31.9 Å². The molecule has 8 heteroatoms. The summed E-state index contributed by atoms with van der Waals surface area (Å²) in [6, 6.07) is 11.0. The molecule has 5 rings (SSSR count). The Hall–Kier alpha value is -2.97. The second-order valence-electron chi connectivity index (χ2n) is 9.90. The quantitative estimate of drug-likeness (QED) is 0.608. The van der Waals surface area contributed by atoms with E-state index in [1.807, 2.05) is 28.8 Å². The van der Waals surface area contributed by atoms with Crippen LogP contribution in [-0.2, 0) is 13.0 Å². The summed E-state index contributed by atoms with van der Waals surface area (Å²) in [4.78, 5) is 29.2. The van der Waals surface area contributed by atoms with Gasteiger partial charge in [0.2, 0.25) is 0 Å². The number of pyridine rings is 2. The van der Waals surface area contributed by atoms with Gasteiger partial charge in [-0.3, -0.25) is 19.1 Å². The molecule has 1 aliphatic carbocycles. The molecule has 2 N–H and O–H groups in total. The number of hydrogen-bond donors (Lipinski definition) is 1. The molecule has 4 heterocycles. The molecule has 180 valence electrons. The highest BCUT2D eigenvalue weighted by Gasteiger charge is 2.29. The normalized spacial score (nSPS) is 19.2. The first-order valence-electron chi connectivity index (χ1n) is 12.3. The van der Waals surface area contributed by atoms with Gasteiger partial charge in [-0.1, -0.05) is 12.1 Å². The molecule has 3 aromatic heterocycles. The van der Waals surface area contributed by atoms with E-state index in [2.05, 4.69) is 53.0 Å². The van der Waals surface area contributed by atoms with E-state index < -0.39 is 5.91 Å². The lowest BCUT2D eigenvalue weighted by Gasteiger charge is -2.36. The number of carbonyl (C=O) groups is 1. The third-order valence-corrected chi connectivity index (χ3v) is 7.54. The number of carbonyl (C=O) groups excluding carboxylic acids is 1. The molecule has 8 nitrogen and oxygen atoms in total. The van der Waals surface area contributed by atoms with Crippen molar-refractivity contribution in [3.05, 3.63) is 59.2 Å². The molecule has 0 radical (unpaired) electrons. The van der Waals surface area contributed by atoms with Gasteiger partial charge >= 0.3 is 0 Å². The standard InChI is InChI=1S/C26H35N7O/c1-30(2)19-12-15-32(16-13-19)23-11-5-10-22-29-20(25(26(27)34)33(22)23)17-31(3)21-9-4-7-18-8-6-14-28-24(18)21/h5-6,8,10-11,14,19,21H,4,7,9,12-13,15-17H2,1-3H3,(H2,27,34)/t21-/m0/s1. The number of rotatable bonds is 6. The first kappa shape index (κ1) is 22.8. The minimum atomic E-state index is -0.436. The highest BCUT2D eigenvalue weighted by molar-refractivity contribution is 5.94. The second-order valence-corrected chi connectivity index (χ2v) is 9.90. The van der Waals surface area contributed by atoms with E-state index in [1.54, 1.807) is 0 Å². The summed E-state index contributed by atoms with van der Waals surface area (Å²) < 4.78 is 1.97. The van der Waals surface area contributed by atoms with Crippen molar-refractivity contribution in [2.45, 2.75) is 50.7 Å². The molecule has 1 atom stereocenters. The monoisotopic (exact) mass is 461 g/mol. The number of nitrogens with two attached hydrogens (primary N) is 1. The van der Waals surface area contributed by atoms with Crippen LogP contribution in [0.25, 0.3) is 5.65 Å². The molecule has 0 bridgehead atoms. The van der Waals surface area contributed by atoms with Crippen LogP contribution < -0.4 is 10.6 Å². The molecular weight excluding hydrogens is 426 g/mol. The van der Waals surface area contributed by atoms with E-state index in [4.69, 9.17) is 10.7 Å². The minimum Gasteiger partial charge on any atom is -0.364 e. The van der Waals surface area contributed by atoms with E-state index in [1.165, 1.54) is 5.56 Å². The van der Waals surface area contributed by atoms with E-state index in [9.17, 15) is 4.79 Å². The number of imidazole rings is 1. The molecule has 3 aromatic rings. The van der Waals surface area contributed by atoms with Gasteiger partial charge < -0.3 is 15.5 Å². The molecule has 0 spiro atoms. The number of piperidine rings is 1. The van der Waals surface area contributed by atoms with Gasteiger partial charge in [0.1, 0.15) is 17.2 Å². The van der Waals surface area contributed by atoms with Crippen LogP contribution in [0, 0.1) is 0 Å². The van der Waals surface area contributed by atoms with Crippen LogP contribution in [0.1, 0.15) is 59.2 Å². The first-order valence-corrected chi connectivity index (χ1v) is 12.3. The molecule has 0 aromatic carbocycles. The molecule has 2 aliphatic rings. The third kappa shape index (κ3) is 4.16. The van der Waals surface area contributed by atoms with Crippen LogP contribution in [0.15, 0.2) is 36.5 Å². The van der Waals surface area contributed by atoms with Crippen molar-refractivity contribution in [3.63, 3.8) is 0 Å². The maximum absolute atomic E-state index is 12.7. The zero-order valence-electron chi connectivity index (χ0n) is 20.4. The fourth-order valence-corrected chi connectivity index (χ4v) is 5.70. The van der Waals surface area contributed by atoms with Crippen molar-refractivity contribution >= 4 is 17.4 Å². The number of fused-ring (bicyclic) bond motifs is 2. The van der Waals surface area contributed by atoms with Crippen molar-refractivity contribution in [2.75, 3.05) is 39.1 Å². The molecule has 0 saturated carbocycles. The maximum atomic E-state index is 12.7. The highest BCUT2D eigenvalue weighted by Crippen LogP contribution is 2.33. The lowest BCUT2D eigenvalue weighted by Crippen LogP contribution is -2.42. The van der Waals surface area contributed by atoms with E-state index in [-0.39, 0.29) is 6.04 Å². The summed E-state index contributed by atoms with van der Waals surface area (Å²) >= 11 is 0. The largest absolute Gasteiger partial charge is 0.364 e. The molecular formula is C26H35N7O. The average molecular weight is 462 g/mol. The van der Waals surface area contributed by atoms with E-state index in [0.29, 0.717) is 18.3 Å². The van der Waals surface area contributed by atoms with Crippen LogP contribution >= 0.6 is 0 Å². The zero-order chi connectivity index (χ0) is 23.8. The van der Waals surface area contributed by atoms with Gasteiger partial charge in [-0.2, -0.15) is 0 Å². The number of nitrogens with zero attached hydrogens (tertiary/aromatic N) is 6. The van der Waals surface area contributed by atoms with Crippen molar-refractivity contribution in [1.29, 1.82) is 0 Å². The molecule has 1 fully saturated rings. The Morgan fingerprint density at radius 2 is 1.91 bits per heavy atom. The third-order valence-electron chi connectivity index (χ3n) is 7.54. The topological polar surface area (TPSA) is 83.0 Å². The van der Waals surface area contributed by atoms with E-state index >= 15 is 0 Å². The fourth-order valence-electron chi connectivity index (χ4n) is 5.70. The average Bonchev–Trinajstić information content (AvgIpc) is 3.22. The van der Waals surface area contributed by atoms with Crippen LogP contribution in [-0.4, -0.2) is 70.4 Å². The van der Waals surface area contributed by atoms with Gasteiger partial charge in [-0.05, 0) is 77.0 Å². The summed E-state index contributed by atoms with van der Waals surface area (Å²) in [6.45, 7) is 2.43. The smallest absolute Gasteiger partial charge is 0.267 e. The van der Waals surface area contributed by atoms with Crippen LogP contribution in [0.4, 0.5) is 5.82 Å². The summed E-state index contributed by atoms with van der Waals surface area (Å²) in [6.07, 6.45) is 7.31. The van der Waals surface area contributed by atoms with Crippen molar-refractivity contribution in [2.24, 2.45) is 5.73 Å². The number of amides is 1. The van der Waals surface area contributed by atoms with Crippen LogP contribution in [0.3, 0.4) is 0 Å².